The zero-order valence-corrected chi connectivity index (χ0v) is 23.2. The predicted molar refractivity (Wildman–Crippen MR) is 152 cm³/mol. The van der Waals surface area contributed by atoms with Gasteiger partial charge in [0.15, 0.2) is 15.7 Å². The standard InChI is InChI=1S/C29H27FN6O4S/c1-18-12-23(19-6-4-3-5-7-19)26(34(18)2)27(37)28(38)33-21-8-9-24-25(13-21)41(39,40)17-22-16-35(10-11-36(22)24)29-31-14-20(30)15-32-29/h3-9,12-15,22H,10-11,16-17H2,1-2H3,(H,33,38). The average molecular weight is 575 g/mol. The van der Waals surface area contributed by atoms with Gasteiger partial charge in [0.2, 0.25) is 5.95 Å². The Morgan fingerprint density at radius 2 is 1.76 bits per heavy atom. The first-order valence-electron chi connectivity index (χ1n) is 13.1. The highest BCUT2D eigenvalue weighted by Crippen LogP contribution is 2.37. The number of ketones is 1. The molecule has 1 atom stereocenters. The van der Waals surface area contributed by atoms with Crippen molar-refractivity contribution in [3.05, 3.63) is 84.2 Å². The normalized spacial score (nSPS) is 17.5. The van der Waals surface area contributed by atoms with Crippen LogP contribution in [-0.4, -0.2) is 66.1 Å². The second-order valence-electron chi connectivity index (χ2n) is 10.2. The van der Waals surface area contributed by atoms with Gasteiger partial charge in [0.1, 0.15) is 5.69 Å². The molecule has 210 valence electrons. The first-order valence-corrected chi connectivity index (χ1v) is 14.7. The quantitative estimate of drug-likeness (QED) is 0.285. The van der Waals surface area contributed by atoms with Gasteiger partial charge in [0.25, 0.3) is 11.7 Å². The Morgan fingerprint density at radius 1 is 1.02 bits per heavy atom. The largest absolute Gasteiger partial charge is 0.363 e. The molecule has 1 unspecified atom stereocenters. The van der Waals surface area contributed by atoms with Crippen LogP contribution in [0.15, 0.2) is 71.9 Å². The summed E-state index contributed by atoms with van der Waals surface area (Å²) in [5, 5.41) is 2.61. The number of amides is 1. The molecule has 4 heterocycles. The van der Waals surface area contributed by atoms with Gasteiger partial charge >= 0.3 is 0 Å². The number of aryl methyl sites for hydroxylation is 1. The van der Waals surface area contributed by atoms with Gasteiger partial charge < -0.3 is 19.7 Å². The monoisotopic (exact) mass is 574 g/mol. The van der Waals surface area contributed by atoms with Gasteiger partial charge in [-0.3, -0.25) is 9.59 Å². The van der Waals surface area contributed by atoms with Crippen LogP contribution in [0.3, 0.4) is 0 Å². The fourth-order valence-electron chi connectivity index (χ4n) is 5.53. The molecule has 0 bridgehead atoms. The van der Waals surface area contributed by atoms with Gasteiger partial charge in [0, 0.05) is 43.6 Å². The zero-order valence-electron chi connectivity index (χ0n) is 22.4. The molecular weight excluding hydrogens is 547 g/mol. The summed E-state index contributed by atoms with van der Waals surface area (Å²) in [4.78, 5) is 38.5. The maximum atomic E-state index is 13.4. The van der Waals surface area contributed by atoms with Crippen LogP contribution in [0.25, 0.3) is 11.1 Å². The number of nitrogens with one attached hydrogen (secondary N) is 1. The lowest BCUT2D eigenvalue weighted by Gasteiger charge is -2.45. The third kappa shape index (κ3) is 4.84. The summed E-state index contributed by atoms with van der Waals surface area (Å²) in [6, 6.07) is 15.5. The van der Waals surface area contributed by atoms with E-state index in [0.717, 1.165) is 23.7 Å². The number of hydrogen-bond donors (Lipinski definition) is 1. The number of aromatic nitrogens is 3. The molecule has 10 nitrogen and oxygen atoms in total. The lowest BCUT2D eigenvalue weighted by Crippen LogP contribution is -2.58. The number of fused-ring (bicyclic) bond motifs is 3. The first-order chi connectivity index (χ1) is 19.6. The second kappa shape index (κ2) is 10.1. The Balaban J connectivity index is 1.24. The van der Waals surface area contributed by atoms with Gasteiger partial charge in [-0.05, 0) is 36.8 Å². The van der Waals surface area contributed by atoms with Gasteiger partial charge in [-0.25, -0.2) is 22.8 Å². The van der Waals surface area contributed by atoms with E-state index in [-0.39, 0.29) is 28.1 Å². The fourth-order valence-corrected chi connectivity index (χ4v) is 7.31. The number of hydrogen-bond acceptors (Lipinski definition) is 8. The van der Waals surface area contributed by atoms with Crippen LogP contribution in [0.1, 0.15) is 16.2 Å². The van der Waals surface area contributed by atoms with Crippen molar-refractivity contribution in [1.82, 2.24) is 14.5 Å². The molecule has 2 aliphatic rings. The summed E-state index contributed by atoms with van der Waals surface area (Å²) < 4.78 is 41.6. The third-order valence-corrected chi connectivity index (χ3v) is 9.45. The van der Waals surface area contributed by atoms with Crippen LogP contribution in [-0.2, 0) is 21.7 Å². The number of piperazine rings is 1. The van der Waals surface area contributed by atoms with E-state index in [1.807, 2.05) is 53.1 Å². The van der Waals surface area contributed by atoms with Crippen LogP contribution in [0.2, 0.25) is 0 Å². The molecule has 12 heteroatoms. The van der Waals surface area contributed by atoms with Crippen molar-refractivity contribution in [2.75, 3.05) is 40.5 Å². The smallest absolute Gasteiger partial charge is 0.298 e. The molecule has 1 amide bonds. The van der Waals surface area contributed by atoms with Crippen LogP contribution < -0.4 is 15.1 Å². The maximum absolute atomic E-state index is 13.4. The minimum absolute atomic E-state index is 0.102. The number of rotatable bonds is 5. The van der Waals surface area contributed by atoms with Gasteiger partial charge in [-0.2, -0.15) is 0 Å². The Bertz CT molecular complexity index is 1770. The molecule has 41 heavy (non-hydrogen) atoms. The SMILES string of the molecule is Cc1cc(-c2ccccc2)c(C(=O)C(=O)Nc2ccc3c(c2)S(=O)(=O)CC2CN(c4ncc(F)cn4)CCN32)n1C. The lowest BCUT2D eigenvalue weighted by atomic mass is 10.0. The van der Waals surface area contributed by atoms with E-state index >= 15 is 0 Å². The number of carbonyl (C=O) groups excluding carboxylic acids is 2. The summed E-state index contributed by atoms with van der Waals surface area (Å²) in [5.74, 6) is -1.92. The van der Waals surface area contributed by atoms with Crippen molar-refractivity contribution in [3.63, 3.8) is 0 Å². The molecule has 2 aliphatic heterocycles. The summed E-state index contributed by atoms with van der Waals surface area (Å²) >= 11 is 0. The molecule has 1 saturated heterocycles. The van der Waals surface area contributed by atoms with Crippen molar-refractivity contribution in [1.29, 1.82) is 0 Å². The van der Waals surface area contributed by atoms with Crippen molar-refractivity contribution >= 4 is 38.9 Å². The molecule has 0 spiro atoms. The van der Waals surface area contributed by atoms with E-state index < -0.39 is 27.3 Å². The molecule has 1 fully saturated rings. The van der Waals surface area contributed by atoms with Crippen LogP contribution in [0.5, 0.6) is 0 Å². The van der Waals surface area contributed by atoms with Gasteiger partial charge in [-0.15, -0.1) is 0 Å². The molecule has 4 aromatic rings. The molecule has 0 radical (unpaired) electrons. The fraction of sp³-hybridized carbons (Fsp3) is 0.241. The number of nitrogens with zero attached hydrogens (tertiary/aromatic N) is 5. The number of Topliss-reactive ketones (excluding diaryl/α,β-unsaturated/α-hetero) is 1. The van der Waals surface area contributed by atoms with Crippen LogP contribution in [0, 0.1) is 12.7 Å². The van der Waals surface area contributed by atoms with Gasteiger partial charge in [0.05, 0.1) is 34.8 Å². The average Bonchev–Trinajstić information content (AvgIpc) is 3.26. The molecule has 2 aromatic heterocycles. The Hall–Kier alpha value is -4.58. The summed E-state index contributed by atoms with van der Waals surface area (Å²) in [5.41, 5.74) is 3.29. The van der Waals surface area contributed by atoms with Crippen LogP contribution >= 0.6 is 0 Å². The van der Waals surface area contributed by atoms with E-state index in [1.165, 1.54) is 6.07 Å². The third-order valence-electron chi connectivity index (χ3n) is 7.63. The second-order valence-corrected chi connectivity index (χ2v) is 12.2. The Morgan fingerprint density at radius 3 is 2.49 bits per heavy atom. The zero-order chi connectivity index (χ0) is 28.9. The van der Waals surface area contributed by atoms with Crippen molar-refractivity contribution in [3.8, 4) is 11.1 Å². The number of carbonyl (C=O) groups is 2. The molecule has 6 rings (SSSR count). The summed E-state index contributed by atoms with van der Waals surface area (Å²) in [6.45, 7) is 3.24. The van der Waals surface area contributed by atoms with E-state index in [4.69, 9.17) is 0 Å². The number of sulfone groups is 1. The highest BCUT2D eigenvalue weighted by atomic mass is 32.2. The van der Waals surface area contributed by atoms with Crippen molar-refractivity contribution in [2.24, 2.45) is 7.05 Å². The van der Waals surface area contributed by atoms with E-state index in [0.29, 0.717) is 36.8 Å². The van der Waals surface area contributed by atoms with E-state index in [1.54, 1.807) is 23.7 Å². The summed E-state index contributed by atoms with van der Waals surface area (Å²) in [7, 11) is -1.98. The number of benzene rings is 2. The predicted octanol–water partition coefficient (Wildman–Crippen LogP) is 3.23. The minimum atomic E-state index is -3.71. The Kier molecular flexibility index (Phi) is 6.57. The van der Waals surface area contributed by atoms with Crippen molar-refractivity contribution in [2.45, 2.75) is 17.9 Å². The first kappa shape index (κ1) is 26.6. The lowest BCUT2D eigenvalue weighted by molar-refractivity contribution is -0.112. The molecule has 0 saturated carbocycles. The number of anilines is 3. The molecule has 2 aromatic carbocycles. The summed E-state index contributed by atoms with van der Waals surface area (Å²) in [6.07, 6.45) is 2.17. The molecule has 1 N–H and O–H groups in total. The number of halogens is 1. The Labute approximate surface area is 236 Å². The van der Waals surface area contributed by atoms with Crippen molar-refractivity contribution < 1.29 is 22.4 Å². The molecular formula is C29H27FN6O4S. The van der Waals surface area contributed by atoms with Crippen LogP contribution in [0.4, 0.5) is 21.7 Å². The highest BCUT2D eigenvalue weighted by Gasteiger charge is 2.40. The minimum Gasteiger partial charge on any atom is -0.363 e. The van der Waals surface area contributed by atoms with E-state index in [9.17, 15) is 22.4 Å². The molecule has 0 aliphatic carbocycles. The van der Waals surface area contributed by atoms with Gasteiger partial charge in [-0.1, -0.05) is 30.3 Å². The highest BCUT2D eigenvalue weighted by molar-refractivity contribution is 7.91. The van der Waals surface area contributed by atoms with E-state index in [2.05, 4.69) is 15.3 Å². The maximum Gasteiger partial charge on any atom is 0.298 e. The topological polar surface area (TPSA) is 118 Å².